The highest BCUT2D eigenvalue weighted by atomic mass is 32.2. The smallest absolute Gasteiger partial charge is 0.238 e. The minimum Gasteiger partial charge on any atom is -0.497 e. The predicted molar refractivity (Wildman–Crippen MR) is 145 cm³/mol. The van der Waals surface area contributed by atoms with Crippen LogP contribution >= 0.6 is 0 Å². The molecule has 2 bridgehead atoms. The minimum atomic E-state index is -3.77. The van der Waals surface area contributed by atoms with E-state index in [4.69, 9.17) is 9.88 Å². The summed E-state index contributed by atoms with van der Waals surface area (Å²) >= 11 is 0. The van der Waals surface area contributed by atoms with Crippen LogP contribution in [0.5, 0.6) is 5.75 Å². The van der Waals surface area contributed by atoms with E-state index in [-0.39, 0.29) is 17.0 Å². The Morgan fingerprint density at radius 1 is 1.18 bits per heavy atom. The molecule has 2 aromatic carbocycles. The van der Waals surface area contributed by atoms with Gasteiger partial charge in [-0.25, -0.2) is 18.2 Å². The average molecular weight is 531 g/mol. The molecule has 0 saturated carbocycles. The number of nitrogens with zero attached hydrogens (tertiary/aromatic N) is 5. The van der Waals surface area contributed by atoms with Crippen molar-refractivity contribution in [3.63, 3.8) is 0 Å². The SMILES string of the molecule is C=CC1C[N@@]2CCC1CC2[C@@H](c1ccnc2ccc(OC)cc12)n1cc(-c2ccc(S(N)(=O)=O)cc2)nn1. The van der Waals surface area contributed by atoms with E-state index in [0.29, 0.717) is 17.5 Å². The molecule has 0 amide bonds. The maximum Gasteiger partial charge on any atom is 0.238 e. The number of benzene rings is 2. The Morgan fingerprint density at radius 3 is 2.68 bits per heavy atom. The first-order valence-corrected chi connectivity index (χ1v) is 14.2. The fourth-order valence-corrected chi connectivity index (χ4v) is 6.64. The van der Waals surface area contributed by atoms with E-state index < -0.39 is 10.0 Å². The standard InChI is InChI=1S/C28H30N6O3S/c1-3-18-16-33-13-11-20(18)14-27(33)28(23-10-12-30-25-9-6-21(37-2)15-24(23)25)34-17-26(31-32-34)19-4-7-22(8-5-19)38(29,35)36/h3-10,12,15,17-18,20,27-28H,1,11,13-14,16H2,2H3,(H2,29,35,36)/t18?,20?,27?,28-/m1/s1. The van der Waals surface area contributed by atoms with Crippen LogP contribution in [0.25, 0.3) is 22.2 Å². The van der Waals surface area contributed by atoms with Gasteiger partial charge in [0.25, 0.3) is 0 Å². The zero-order chi connectivity index (χ0) is 26.4. The van der Waals surface area contributed by atoms with Crippen molar-refractivity contribution in [2.45, 2.75) is 29.8 Å². The number of nitrogens with two attached hydrogens (primary N) is 1. The van der Waals surface area contributed by atoms with Crippen molar-refractivity contribution in [1.82, 2.24) is 24.9 Å². The molecular weight excluding hydrogens is 500 g/mol. The molecular formula is C28H30N6O3S. The number of aromatic nitrogens is 4. The van der Waals surface area contributed by atoms with E-state index in [1.54, 1.807) is 19.2 Å². The van der Waals surface area contributed by atoms with Gasteiger partial charge in [0, 0.05) is 29.7 Å². The Balaban J connectivity index is 1.45. The van der Waals surface area contributed by atoms with Crippen LogP contribution in [0.2, 0.25) is 0 Å². The van der Waals surface area contributed by atoms with Crippen molar-refractivity contribution < 1.29 is 13.2 Å². The number of rotatable bonds is 7. The van der Waals surface area contributed by atoms with Gasteiger partial charge in [-0.1, -0.05) is 23.4 Å². The van der Waals surface area contributed by atoms with E-state index in [1.165, 1.54) is 18.6 Å². The summed E-state index contributed by atoms with van der Waals surface area (Å²) in [6, 6.07) is 14.5. The fraction of sp³-hybridized carbons (Fsp3) is 0.321. The summed E-state index contributed by atoms with van der Waals surface area (Å²) in [6.45, 7) is 6.11. The second-order valence-corrected chi connectivity index (χ2v) is 11.7. The van der Waals surface area contributed by atoms with Crippen LogP contribution in [0.1, 0.15) is 24.4 Å². The Bertz CT molecular complexity index is 1600. The van der Waals surface area contributed by atoms with Crippen LogP contribution in [0.3, 0.4) is 0 Å². The third-order valence-corrected chi connectivity index (χ3v) is 9.02. The number of ether oxygens (including phenoxy) is 1. The van der Waals surface area contributed by atoms with Gasteiger partial charge in [0.1, 0.15) is 11.4 Å². The molecule has 4 aromatic rings. The fourth-order valence-electron chi connectivity index (χ4n) is 6.12. The van der Waals surface area contributed by atoms with Gasteiger partial charge in [-0.3, -0.25) is 9.88 Å². The number of hydrogen-bond acceptors (Lipinski definition) is 7. The van der Waals surface area contributed by atoms with Gasteiger partial charge in [0.2, 0.25) is 10.0 Å². The zero-order valence-corrected chi connectivity index (χ0v) is 22.0. The minimum absolute atomic E-state index is 0.0616. The highest BCUT2D eigenvalue weighted by Crippen LogP contribution is 2.43. The molecule has 196 valence electrons. The van der Waals surface area contributed by atoms with E-state index >= 15 is 0 Å². The van der Waals surface area contributed by atoms with Gasteiger partial charge in [0.05, 0.1) is 29.8 Å². The molecule has 3 unspecified atom stereocenters. The van der Waals surface area contributed by atoms with Crippen LogP contribution in [-0.2, 0) is 10.0 Å². The molecule has 0 aliphatic carbocycles. The molecule has 3 fully saturated rings. The van der Waals surface area contributed by atoms with Gasteiger partial charge in [0.15, 0.2) is 0 Å². The van der Waals surface area contributed by atoms with E-state index in [2.05, 4.69) is 38.9 Å². The lowest BCUT2D eigenvalue weighted by Gasteiger charge is -2.51. The summed E-state index contributed by atoms with van der Waals surface area (Å²) < 4.78 is 30.9. The molecule has 10 heteroatoms. The molecule has 2 N–H and O–H groups in total. The summed E-state index contributed by atoms with van der Waals surface area (Å²) in [5.74, 6) is 1.86. The zero-order valence-electron chi connectivity index (χ0n) is 21.1. The van der Waals surface area contributed by atoms with Gasteiger partial charge in [-0.15, -0.1) is 11.7 Å². The van der Waals surface area contributed by atoms with E-state index in [9.17, 15) is 8.42 Å². The first kappa shape index (κ1) is 24.7. The Labute approximate surface area is 222 Å². The monoisotopic (exact) mass is 530 g/mol. The molecule has 0 spiro atoms. The topological polar surface area (TPSA) is 116 Å². The number of pyridine rings is 1. The van der Waals surface area contributed by atoms with Gasteiger partial charge >= 0.3 is 0 Å². The summed E-state index contributed by atoms with van der Waals surface area (Å²) in [7, 11) is -2.10. The van der Waals surface area contributed by atoms with Crippen molar-refractivity contribution >= 4 is 20.9 Å². The van der Waals surface area contributed by atoms with Crippen molar-refractivity contribution in [2.75, 3.05) is 20.2 Å². The molecule has 2 aromatic heterocycles. The van der Waals surface area contributed by atoms with Crippen LogP contribution in [0.15, 0.2) is 78.5 Å². The lowest BCUT2D eigenvalue weighted by atomic mass is 9.73. The van der Waals surface area contributed by atoms with Gasteiger partial charge < -0.3 is 4.74 Å². The number of primary sulfonamides is 1. The maximum absolute atomic E-state index is 11.7. The number of fused-ring (bicyclic) bond motifs is 4. The summed E-state index contributed by atoms with van der Waals surface area (Å²) in [5.41, 5.74) is 3.43. The largest absolute Gasteiger partial charge is 0.497 e. The summed E-state index contributed by atoms with van der Waals surface area (Å²) in [4.78, 5) is 7.23. The van der Waals surface area contributed by atoms with Crippen molar-refractivity contribution in [2.24, 2.45) is 17.0 Å². The quantitative estimate of drug-likeness (QED) is 0.363. The van der Waals surface area contributed by atoms with E-state index in [0.717, 1.165) is 47.3 Å². The molecule has 7 rings (SSSR count). The second-order valence-electron chi connectivity index (χ2n) is 10.1. The molecule has 5 heterocycles. The molecule has 38 heavy (non-hydrogen) atoms. The first-order chi connectivity index (χ1) is 18.4. The van der Waals surface area contributed by atoms with Crippen LogP contribution in [0, 0.1) is 11.8 Å². The molecule has 9 nitrogen and oxygen atoms in total. The van der Waals surface area contributed by atoms with Crippen LogP contribution < -0.4 is 9.88 Å². The second kappa shape index (κ2) is 9.61. The van der Waals surface area contributed by atoms with Crippen molar-refractivity contribution in [3.05, 3.63) is 79.1 Å². The lowest BCUT2D eigenvalue weighted by Crippen LogP contribution is -2.56. The summed E-state index contributed by atoms with van der Waals surface area (Å²) in [5, 5.41) is 15.4. The van der Waals surface area contributed by atoms with Crippen molar-refractivity contribution in [1.29, 1.82) is 0 Å². The molecule has 3 saturated heterocycles. The molecule has 3 aliphatic rings. The van der Waals surface area contributed by atoms with Gasteiger partial charge in [-0.2, -0.15) is 0 Å². The predicted octanol–water partition coefficient (Wildman–Crippen LogP) is 3.64. The summed E-state index contributed by atoms with van der Waals surface area (Å²) in [6.07, 6.45) is 8.10. The third-order valence-electron chi connectivity index (χ3n) is 8.09. The average Bonchev–Trinajstić information content (AvgIpc) is 3.43. The normalized spacial score (nSPS) is 23.8. The first-order valence-electron chi connectivity index (χ1n) is 12.7. The van der Waals surface area contributed by atoms with Crippen LogP contribution in [-0.4, -0.2) is 59.5 Å². The van der Waals surface area contributed by atoms with Gasteiger partial charge in [-0.05, 0) is 73.2 Å². The number of hydrogen-bond donors (Lipinski definition) is 1. The van der Waals surface area contributed by atoms with E-state index in [1.807, 2.05) is 35.3 Å². The lowest BCUT2D eigenvalue weighted by molar-refractivity contribution is -0.000122. The Kier molecular flexibility index (Phi) is 6.25. The highest BCUT2D eigenvalue weighted by molar-refractivity contribution is 7.89. The molecule has 3 aliphatic heterocycles. The third kappa shape index (κ3) is 4.38. The van der Waals surface area contributed by atoms with Crippen LogP contribution in [0.4, 0.5) is 0 Å². The Morgan fingerprint density at radius 2 is 2.00 bits per heavy atom. The highest BCUT2D eigenvalue weighted by Gasteiger charge is 2.44. The number of piperidine rings is 3. The van der Waals surface area contributed by atoms with Crippen molar-refractivity contribution in [3.8, 4) is 17.0 Å². The number of methoxy groups -OCH3 is 1. The maximum atomic E-state index is 11.7. The molecule has 5 atom stereocenters. The molecule has 0 radical (unpaired) electrons. The number of sulfonamides is 1. The Hall–Kier alpha value is -3.60.